The highest BCUT2D eigenvalue weighted by molar-refractivity contribution is 5.83. The van der Waals surface area contributed by atoms with E-state index >= 15 is 0 Å². The lowest BCUT2D eigenvalue weighted by Crippen LogP contribution is -2.45. The number of para-hydroxylation sites is 1. The lowest BCUT2D eigenvalue weighted by atomic mass is 10.1. The number of rotatable bonds is 4. The van der Waals surface area contributed by atoms with E-state index in [2.05, 4.69) is 40.1 Å². The third-order valence-corrected chi connectivity index (χ3v) is 5.12. The highest BCUT2D eigenvalue weighted by Gasteiger charge is 2.24. The molecule has 7 heteroatoms. The molecule has 4 rings (SSSR count). The molecule has 26 heavy (non-hydrogen) atoms. The lowest BCUT2D eigenvalue weighted by Gasteiger charge is -2.33. The molecule has 2 aromatic heterocycles. The van der Waals surface area contributed by atoms with Crippen LogP contribution in [-0.4, -0.2) is 32.1 Å². The molecular weight excluding hydrogens is 330 g/mol. The predicted molar refractivity (Wildman–Crippen MR) is 102 cm³/mol. The molecule has 0 atom stereocenters. The van der Waals surface area contributed by atoms with Crippen molar-refractivity contribution in [3.05, 3.63) is 62.4 Å². The summed E-state index contributed by atoms with van der Waals surface area (Å²) in [5.41, 5.74) is 2.21. The Labute approximate surface area is 150 Å². The average molecular weight is 353 g/mol. The maximum atomic E-state index is 12.4. The van der Waals surface area contributed by atoms with Crippen molar-refractivity contribution in [3.63, 3.8) is 0 Å². The first-order valence-electron chi connectivity index (χ1n) is 8.93. The number of nitrogens with one attached hydrogen (secondary N) is 3. The minimum atomic E-state index is -0.362. The first kappa shape index (κ1) is 16.7. The normalized spacial score (nSPS) is 14.6. The van der Waals surface area contributed by atoms with Crippen LogP contribution in [0.3, 0.4) is 0 Å². The number of aromatic nitrogens is 3. The number of H-pyrrole nitrogens is 2. The number of aromatic amines is 2. The van der Waals surface area contributed by atoms with Crippen molar-refractivity contribution < 1.29 is 0 Å². The second-order valence-corrected chi connectivity index (χ2v) is 7.02. The van der Waals surface area contributed by atoms with Crippen LogP contribution in [0.25, 0.3) is 10.9 Å². The van der Waals surface area contributed by atoms with E-state index in [1.165, 1.54) is 0 Å². The zero-order valence-corrected chi connectivity index (χ0v) is 15.0. The van der Waals surface area contributed by atoms with Crippen LogP contribution < -0.4 is 16.6 Å². The van der Waals surface area contributed by atoms with Gasteiger partial charge in [0.05, 0.1) is 12.2 Å². The minimum Gasteiger partial charge on any atom is -0.361 e. The Morgan fingerprint density at radius 2 is 2.00 bits per heavy atom. The molecule has 136 valence electrons. The summed E-state index contributed by atoms with van der Waals surface area (Å²) in [6.07, 6.45) is 2.69. The molecule has 0 radical (unpaired) electrons. The quantitative estimate of drug-likeness (QED) is 0.668. The molecule has 0 unspecified atom stereocenters. The van der Waals surface area contributed by atoms with Crippen LogP contribution >= 0.6 is 0 Å². The number of anilines is 1. The Bertz CT molecular complexity index is 1060. The molecule has 0 saturated heterocycles. The summed E-state index contributed by atoms with van der Waals surface area (Å²) in [5.74, 6) is 0.649. The van der Waals surface area contributed by atoms with Gasteiger partial charge in [-0.05, 0) is 31.9 Å². The monoisotopic (exact) mass is 353 g/mol. The van der Waals surface area contributed by atoms with E-state index in [0.717, 1.165) is 16.5 Å². The van der Waals surface area contributed by atoms with Crippen LogP contribution in [0, 0.1) is 0 Å². The van der Waals surface area contributed by atoms with Gasteiger partial charge in [0.2, 0.25) is 0 Å². The predicted octanol–water partition coefficient (Wildman–Crippen LogP) is 1.85. The maximum absolute atomic E-state index is 12.4. The number of nitrogens with zero attached hydrogens (tertiary/aromatic N) is 2. The molecular formula is C19H23N5O2. The van der Waals surface area contributed by atoms with Crippen LogP contribution in [0.1, 0.15) is 25.0 Å². The number of hydrogen-bond acceptors (Lipinski definition) is 4. The van der Waals surface area contributed by atoms with Crippen LogP contribution in [0.15, 0.2) is 40.1 Å². The molecule has 0 amide bonds. The van der Waals surface area contributed by atoms with Crippen molar-refractivity contribution in [1.29, 1.82) is 0 Å². The fourth-order valence-corrected chi connectivity index (χ4v) is 3.55. The molecule has 1 aliphatic rings. The van der Waals surface area contributed by atoms with Gasteiger partial charge in [0.15, 0.2) is 0 Å². The Kier molecular flexibility index (Phi) is 4.16. The standard InChI is InChI=1S/C19H23N5O2/c1-12(2)23-10-15-17(21-11-23)24(19(26)22-18(15)25)8-7-13-9-20-16-6-4-3-5-14(13)16/h3-6,9,12,20-21H,7-8,10-11H2,1-2H3,(H,22,25,26). The molecule has 3 N–H and O–H groups in total. The van der Waals surface area contributed by atoms with Gasteiger partial charge in [0, 0.05) is 36.2 Å². The van der Waals surface area contributed by atoms with E-state index in [1.54, 1.807) is 4.57 Å². The molecule has 0 saturated carbocycles. The van der Waals surface area contributed by atoms with Gasteiger partial charge in [0.25, 0.3) is 5.56 Å². The number of benzene rings is 1. The first-order chi connectivity index (χ1) is 12.5. The Morgan fingerprint density at radius 1 is 1.19 bits per heavy atom. The molecule has 1 aromatic carbocycles. The molecule has 0 fully saturated rings. The molecule has 0 aliphatic carbocycles. The third-order valence-electron chi connectivity index (χ3n) is 5.12. The lowest BCUT2D eigenvalue weighted by molar-refractivity contribution is 0.218. The Morgan fingerprint density at radius 3 is 2.81 bits per heavy atom. The van der Waals surface area contributed by atoms with E-state index < -0.39 is 0 Å². The van der Waals surface area contributed by atoms with E-state index in [-0.39, 0.29) is 11.2 Å². The van der Waals surface area contributed by atoms with Gasteiger partial charge < -0.3 is 10.3 Å². The van der Waals surface area contributed by atoms with Crippen molar-refractivity contribution in [2.75, 3.05) is 12.0 Å². The van der Waals surface area contributed by atoms with Gasteiger partial charge in [-0.25, -0.2) is 4.79 Å². The number of aryl methyl sites for hydroxylation is 1. The van der Waals surface area contributed by atoms with Gasteiger partial charge in [-0.1, -0.05) is 18.2 Å². The second kappa shape index (κ2) is 6.49. The Hall–Kier alpha value is -2.80. The molecule has 7 nitrogen and oxygen atoms in total. The van der Waals surface area contributed by atoms with Crippen LogP contribution in [-0.2, 0) is 19.5 Å². The first-order valence-corrected chi connectivity index (χ1v) is 8.93. The highest BCUT2D eigenvalue weighted by atomic mass is 16.2. The summed E-state index contributed by atoms with van der Waals surface area (Å²) in [6.45, 7) is 5.86. The average Bonchev–Trinajstić information content (AvgIpc) is 3.04. The summed E-state index contributed by atoms with van der Waals surface area (Å²) in [7, 11) is 0. The topological polar surface area (TPSA) is 85.9 Å². The molecule has 1 aliphatic heterocycles. The van der Waals surface area contributed by atoms with E-state index in [1.807, 2.05) is 24.4 Å². The number of fused-ring (bicyclic) bond motifs is 2. The summed E-state index contributed by atoms with van der Waals surface area (Å²) in [4.78, 5) is 32.6. The molecule has 0 spiro atoms. The van der Waals surface area contributed by atoms with Crippen molar-refractivity contribution in [2.45, 2.75) is 39.4 Å². The summed E-state index contributed by atoms with van der Waals surface area (Å²) in [5, 5.41) is 4.44. The fraction of sp³-hybridized carbons (Fsp3) is 0.368. The van der Waals surface area contributed by atoms with Gasteiger partial charge in [0.1, 0.15) is 5.82 Å². The van der Waals surface area contributed by atoms with Gasteiger partial charge in [-0.3, -0.25) is 19.2 Å². The Balaban J connectivity index is 1.66. The van der Waals surface area contributed by atoms with Crippen LogP contribution in [0.2, 0.25) is 0 Å². The van der Waals surface area contributed by atoms with Crippen LogP contribution in [0.4, 0.5) is 5.82 Å². The summed E-state index contributed by atoms with van der Waals surface area (Å²) >= 11 is 0. The van der Waals surface area contributed by atoms with Crippen molar-refractivity contribution in [2.24, 2.45) is 0 Å². The van der Waals surface area contributed by atoms with E-state index in [0.29, 0.717) is 43.6 Å². The minimum absolute atomic E-state index is 0.300. The smallest absolute Gasteiger partial charge is 0.329 e. The fourth-order valence-electron chi connectivity index (χ4n) is 3.55. The van der Waals surface area contributed by atoms with Gasteiger partial charge in [-0.2, -0.15) is 0 Å². The summed E-state index contributed by atoms with van der Waals surface area (Å²) < 4.78 is 1.65. The van der Waals surface area contributed by atoms with E-state index in [4.69, 9.17) is 0 Å². The zero-order chi connectivity index (χ0) is 18.3. The highest BCUT2D eigenvalue weighted by Crippen LogP contribution is 2.21. The molecule has 3 aromatic rings. The van der Waals surface area contributed by atoms with E-state index in [9.17, 15) is 9.59 Å². The van der Waals surface area contributed by atoms with Gasteiger partial charge in [-0.15, -0.1) is 0 Å². The third kappa shape index (κ3) is 2.84. The number of hydrogen-bond donors (Lipinski definition) is 3. The van der Waals surface area contributed by atoms with Crippen molar-refractivity contribution in [1.82, 2.24) is 19.4 Å². The van der Waals surface area contributed by atoms with Crippen molar-refractivity contribution >= 4 is 16.7 Å². The van der Waals surface area contributed by atoms with Gasteiger partial charge >= 0.3 is 5.69 Å². The van der Waals surface area contributed by atoms with Crippen LogP contribution in [0.5, 0.6) is 0 Å². The zero-order valence-electron chi connectivity index (χ0n) is 15.0. The van der Waals surface area contributed by atoms with Crippen molar-refractivity contribution in [3.8, 4) is 0 Å². The largest absolute Gasteiger partial charge is 0.361 e. The molecule has 3 heterocycles. The maximum Gasteiger partial charge on any atom is 0.329 e. The molecule has 0 bridgehead atoms. The second-order valence-electron chi connectivity index (χ2n) is 7.02. The SMILES string of the molecule is CC(C)N1CNc2c(c(=O)[nH]c(=O)n2CCc2c[nH]c3ccccc23)C1. The summed E-state index contributed by atoms with van der Waals surface area (Å²) in [6, 6.07) is 8.44.